The number of ether oxygens (including phenoxy) is 2. The first-order chi connectivity index (χ1) is 8.22. The van der Waals surface area contributed by atoms with Gasteiger partial charge in [0.15, 0.2) is 0 Å². The summed E-state index contributed by atoms with van der Waals surface area (Å²) in [5.41, 5.74) is 0. The van der Waals surface area contributed by atoms with Crippen molar-refractivity contribution >= 4 is 5.91 Å². The molecule has 0 N–H and O–H groups in total. The lowest BCUT2D eigenvalue weighted by Gasteiger charge is -2.15. The SMILES string of the molecule is CCCCOCCOCC(=O)N(C)CCC#N. The van der Waals surface area contributed by atoms with Crippen LogP contribution in [0.1, 0.15) is 26.2 Å². The smallest absolute Gasteiger partial charge is 0.248 e. The van der Waals surface area contributed by atoms with Gasteiger partial charge in [0.2, 0.25) is 5.91 Å². The fourth-order valence-electron chi connectivity index (χ4n) is 1.08. The first kappa shape index (κ1) is 15.9. The second-order valence-electron chi connectivity index (χ2n) is 3.74. The maximum atomic E-state index is 11.4. The zero-order chi connectivity index (χ0) is 12.9. The maximum Gasteiger partial charge on any atom is 0.248 e. The van der Waals surface area contributed by atoms with Gasteiger partial charge in [-0.05, 0) is 6.42 Å². The van der Waals surface area contributed by atoms with E-state index in [1.807, 2.05) is 6.07 Å². The van der Waals surface area contributed by atoms with Crippen LogP contribution in [-0.4, -0.2) is 50.8 Å². The molecule has 1 amide bonds. The molecule has 0 spiro atoms. The van der Waals surface area contributed by atoms with Crippen LogP contribution in [-0.2, 0) is 14.3 Å². The molecule has 0 radical (unpaired) electrons. The minimum absolute atomic E-state index is 0.0546. The highest BCUT2D eigenvalue weighted by molar-refractivity contribution is 5.77. The molecule has 0 heterocycles. The fraction of sp³-hybridized carbons (Fsp3) is 0.833. The summed E-state index contributed by atoms with van der Waals surface area (Å²) in [5, 5.41) is 8.38. The number of rotatable bonds is 10. The van der Waals surface area contributed by atoms with E-state index in [1.54, 1.807) is 7.05 Å². The average Bonchev–Trinajstić information content (AvgIpc) is 2.34. The molecule has 0 aromatic heterocycles. The molecule has 0 rings (SSSR count). The van der Waals surface area contributed by atoms with Gasteiger partial charge in [0, 0.05) is 20.2 Å². The van der Waals surface area contributed by atoms with Crippen molar-refractivity contribution in [1.82, 2.24) is 4.90 Å². The Morgan fingerprint density at radius 3 is 2.65 bits per heavy atom. The summed E-state index contributed by atoms with van der Waals surface area (Å²) in [7, 11) is 1.67. The molecule has 0 atom stereocenters. The lowest BCUT2D eigenvalue weighted by Crippen LogP contribution is -2.31. The second-order valence-corrected chi connectivity index (χ2v) is 3.74. The van der Waals surface area contributed by atoms with E-state index in [1.165, 1.54) is 4.90 Å². The molecule has 0 aromatic rings. The number of hydrogen-bond donors (Lipinski definition) is 0. The van der Waals surface area contributed by atoms with Gasteiger partial charge in [0.25, 0.3) is 0 Å². The molecule has 0 saturated carbocycles. The van der Waals surface area contributed by atoms with Crippen molar-refractivity contribution in [2.75, 3.05) is 40.0 Å². The highest BCUT2D eigenvalue weighted by atomic mass is 16.5. The lowest BCUT2D eigenvalue weighted by molar-refractivity contribution is -0.135. The number of hydrogen-bond acceptors (Lipinski definition) is 4. The van der Waals surface area contributed by atoms with Gasteiger partial charge in [-0.3, -0.25) is 4.79 Å². The molecule has 0 fully saturated rings. The minimum Gasteiger partial charge on any atom is -0.379 e. The standard InChI is InChI=1S/C12H22N2O3/c1-3-4-8-16-9-10-17-11-12(15)14(2)7-5-6-13/h3-5,7-11H2,1-2H3. The highest BCUT2D eigenvalue weighted by Gasteiger charge is 2.07. The number of carbonyl (C=O) groups is 1. The first-order valence-corrected chi connectivity index (χ1v) is 5.98. The van der Waals surface area contributed by atoms with Crippen molar-refractivity contribution in [2.45, 2.75) is 26.2 Å². The van der Waals surface area contributed by atoms with Gasteiger partial charge in [-0.25, -0.2) is 0 Å². The van der Waals surface area contributed by atoms with E-state index in [0.29, 0.717) is 26.2 Å². The Balaban J connectivity index is 3.35. The predicted molar refractivity (Wildman–Crippen MR) is 64.4 cm³/mol. The maximum absolute atomic E-state index is 11.4. The van der Waals surface area contributed by atoms with E-state index in [0.717, 1.165) is 19.4 Å². The van der Waals surface area contributed by atoms with E-state index >= 15 is 0 Å². The molecular formula is C12H22N2O3. The van der Waals surface area contributed by atoms with Gasteiger partial charge in [-0.1, -0.05) is 13.3 Å². The van der Waals surface area contributed by atoms with Crippen LogP contribution in [0.15, 0.2) is 0 Å². The Kier molecular flexibility index (Phi) is 10.6. The van der Waals surface area contributed by atoms with Crippen LogP contribution in [0.3, 0.4) is 0 Å². The van der Waals surface area contributed by atoms with Gasteiger partial charge in [0.05, 0.1) is 25.7 Å². The van der Waals surface area contributed by atoms with E-state index in [2.05, 4.69) is 6.92 Å². The summed E-state index contributed by atoms with van der Waals surface area (Å²) in [6.07, 6.45) is 2.52. The van der Waals surface area contributed by atoms with Crippen LogP contribution in [0.2, 0.25) is 0 Å². The molecule has 98 valence electrons. The Morgan fingerprint density at radius 1 is 1.29 bits per heavy atom. The average molecular weight is 242 g/mol. The Morgan fingerprint density at radius 2 is 2.00 bits per heavy atom. The largest absolute Gasteiger partial charge is 0.379 e. The van der Waals surface area contributed by atoms with Gasteiger partial charge in [-0.15, -0.1) is 0 Å². The van der Waals surface area contributed by atoms with Crippen LogP contribution < -0.4 is 0 Å². The Labute approximate surface area is 103 Å². The number of likely N-dealkylation sites (N-methyl/N-ethyl adjacent to an activating group) is 1. The molecule has 0 saturated heterocycles. The van der Waals surface area contributed by atoms with Crippen molar-refractivity contribution in [3.8, 4) is 6.07 Å². The molecule has 0 aromatic carbocycles. The van der Waals surface area contributed by atoms with Gasteiger partial charge >= 0.3 is 0 Å². The van der Waals surface area contributed by atoms with Crippen molar-refractivity contribution < 1.29 is 14.3 Å². The van der Waals surface area contributed by atoms with Gasteiger partial charge in [-0.2, -0.15) is 5.26 Å². The van der Waals surface area contributed by atoms with Crippen molar-refractivity contribution in [3.63, 3.8) is 0 Å². The highest BCUT2D eigenvalue weighted by Crippen LogP contribution is 1.91. The number of nitrogens with zero attached hydrogens (tertiary/aromatic N) is 2. The summed E-state index contributed by atoms with van der Waals surface area (Å²) in [6.45, 7) is 4.31. The summed E-state index contributed by atoms with van der Waals surface area (Å²) in [4.78, 5) is 12.9. The monoisotopic (exact) mass is 242 g/mol. The predicted octanol–water partition coefficient (Wildman–Crippen LogP) is 1.19. The van der Waals surface area contributed by atoms with Gasteiger partial charge in [0.1, 0.15) is 6.61 Å². The van der Waals surface area contributed by atoms with E-state index in [9.17, 15) is 4.79 Å². The molecule has 0 aliphatic heterocycles. The summed E-state index contributed by atoms with van der Waals surface area (Å²) in [6, 6.07) is 1.99. The van der Waals surface area contributed by atoms with Crippen LogP contribution in [0.5, 0.6) is 0 Å². The number of unbranched alkanes of at least 4 members (excludes halogenated alkanes) is 1. The molecule has 5 nitrogen and oxygen atoms in total. The Bertz CT molecular complexity index is 238. The number of nitriles is 1. The van der Waals surface area contributed by atoms with Crippen molar-refractivity contribution in [3.05, 3.63) is 0 Å². The minimum atomic E-state index is -0.103. The zero-order valence-electron chi connectivity index (χ0n) is 10.8. The number of carbonyl (C=O) groups excluding carboxylic acids is 1. The third-order valence-corrected chi connectivity index (χ3v) is 2.22. The quantitative estimate of drug-likeness (QED) is 0.540. The number of amides is 1. The second kappa shape index (κ2) is 11.4. The van der Waals surface area contributed by atoms with Crippen LogP contribution >= 0.6 is 0 Å². The van der Waals surface area contributed by atoms with E-state index in [4.69, 9.17) is 14.7 Å². The third kappa shape index (κ3) is 9.79. The first-order valence-electron chi connectivity index (χ1n) is 5.98. The normalized spacial score (nSPS) is 9.94. The van der Waals surface area contributed by atoms with E-state index < -0.39 is 0 Å². The topological polar surface area (TPSA) is 62.6 Å². The Hall–Kier alpha value is -1.12. The lowest BCUT2D eigenvalue weighted by atomic mass is 10.4. The molecule has 17 heavy (non-hydrogen) atoms. The molecule has 0 unspecified atom stereocenters. The molecule has 5 heteroatoms. The van der Waals surface area contributed by atoms with Crippen LogP contribution in [0, 0.1) is 11.3 Å². The summed E-state index contributed by atoms with van der Waals surface area (Å²) < 4.78 is 10.5. The molecule has 0 bridgehead atoms. The summed E-state index contributed by atoms with van der Waals surface area (Å²) in [5.74, 6) is -0.103. The van der Waals surface area contributed by atoms with Crippen molar-refractivity contribution in [1.29, 1.82) is 5.26 Å². The van der Waals surface area contributed by atoms with Gasteiger partial charge < -0.3 is 14.4 Å². The zero-order valence-corrected chi connectivity index (χ0v) is 10.8. The van der Waals surface area contributed by atoms with Crippen LogP contribution in [0.25, 0.3) is 0 Å². The van der Waals surface area contributed by atoms with Crippen molar-refractivity contribution in [2.24, 2.45) is 0 Å². The van der Waals surface area contributed by atoms with E-state index in [-0.39, 0.29) is 12.5 Å². The molecule has 0 aliphatic rings. The fourth-order valence-corrected chi connectivity index (χ4v) is 1.08. The molecular weight excluding hydrogens is 220 g/mol. The molecule has 0 aliphatic carbocycles. The summed E-state index contributed by atoms with van der Waals surface area (Å²) >= 11 is 0. The van der Waals surface area contributed by atoms with Crippen LogP contribution in [0.4, 0.5) is 0 Å². The third-order valence-electron chi connectivity index (χ3n) is 2.22.